The Morgan fingerprint density at radius 2 is 1.65 bits per heavy atom. The molecule has 0 radical (unpaired) electrons. The Kier molecular flexibility index (Phi) is 5.82. The van der Waals surface area contributed by atoms with Crippen LogP contribution in [0.3, 0.4) is 0 Å². The summed E-state index contributed by atoms with van der Waals surface area (Å²) >= 11 is 11.9. The Labute approximate surface area is 163 Å². The fourth-order valence-electron chi connectivity index (χ4n) is 2.31. The highest BCUT2D eigenvalue weighted by Gasteiger charge is 2.02. The molecule has 3 nitrogen and oxygen atoms in total. The first-order valence-corrected chi connectivity index (χ1v) is 8.86. The molecule has 0 spiro atoms. The second-order valence-electron chi connectivity index (χ2n) is 5.94. The van der Waals surface area contributed by atoms with Gasteiger partial charge in [0.05, 0.1) is 21.9 Å². The lowest BCUT2D eigenvalue weighted by molar-refractivity contribution is 0.478. The normalized spacial score (nSPS) is 10.9. The lowest BCUT2D eigenvalue weighted by Crippen LogP contribution is -1.92. The molecule has 0 amide bonds. The third-order valence-corrected chi connectivity index (χ3v) is 4.52. The molecule has 0 saturated carbocycles. The lowest BCUT2D eigenvalue weighted by atomic mass is 10.1. The predicted octanol–water partition coefficient (Wildman–Crippen LogP) is 6.85. The Bertz CT molecular complexity index is 937. The molecular weight excluding hydrogens is 367 g/mol. The molecule has 1 N–H and O–H groups in total. The van der Waals surface area contributed by atoms with E-state index in [0.29, 0.717) is 10.0 Å². The van der Waals surface area contributed by atoms with Crippen molar-refractivity contribution in [3.63, 3.8) is 0 Å². The molecule has 0 aliphatic rings. The highest BCUT2D eigenvalue weighted by molar-refractivity contribution is 6.42. The van der Waals surface area contributed by atoms with E-state index >= 15 is 0 Å². The van der Waals surface area contributed by atoms with E-state index in [4.69, 9.17) is 27.9 Å². The molecule has 0 fully saturated rings. The van der Waals surface area contributed by atoms with Gasteiger partial charge in [0.2, 0.25) is 0 Å². The molecule has 0 bridgehead atoms. The van der Waals surface area contributed by atoms with Crippen molar-refractivity contribution in [2.75, 3.05) is 5.43 Å². The highest BCUT2D eigenvalue weighted by atomic mass is 35.5. The summed E-state index contributed by atoms with van der Waals surface area (Å²) in [6.45, 7) is 4.08. The number of hydrazone groups is 1. The van der Waals surface area contributed by atoms with Gasteiger partial charge in [-0.1, -0.05) is 35.3 Å². The van der Waals surface area contributed by atoms with Crippen LogP contribution < -0.4 is 10.2 Å². The van der Waals surface area contributed by atoms with Crippen molar-refractivity contribution in [2.24, 2.45) is 5.10 Å². The van der Waals surface area contributed by atoms with Crippen LogP contribution in [0.1, 0.15) is 16.7 Å². The maximum absolute atomic E-state index is 5.98. The molecule has 0 atom stereocenters. The number of ether oxygens (including phenoxy) is 1. The minimum absolute atomic E-state index is 0.486. The number of benzene rings is 3. The van der Waals surface area contributed by atoms with Gasteiger partial charge in [-0.05, 0) is 79.1 Å². The summed E-state index contributed by atoms with van der Waals surface area (Å²) in [6.07, 6.45) is 1.73. The van der Waals surface area contributed by atoms with Gasteiger partial charge in [-0.2, -0.15) is 5.10 Å². The zero-order chi connectivity index (χ0) is 18.5. The number of nitrogens with one attached hydrogen (secondary N) is 1. The maximum Gasteiger partial charge on any atom is 0.130 e. The van der Waals surface area contributed by atoms with Gasteiger partial charge in [0.25, 0.3) is 0 Å². The number of hydrogen-bond donors (Lipinski definition) is 1. The van der Waals surface area contributed by atoms with Crippen molar-refractivity contribution in [1.29, 1.82) is 0 Å². The van der Waals surface area contributed by atoms with Gasteiger partial charge in [-0.3, -0.25) is 5.43 Å². The number of hydrogen-bond acceptors (Lipinski definition) is 3. The van der Waals surface area contributed by atoms with Crippen molar-refractivity contribution in [3.05, 3.63) is 87.4 Å². The fourth-order valence-corrected chi connectivity index (χ4v) is 2.61. The van der Waals surface area contributed by atoms with Crippen molar-refractivity contribution < 1.29 is 4.74 Å². The van der Waals surface area contributed by atoms with Gasteiger partial charge < -0.3 is 4.74 Å². The molecule has 132 valence electrons. The third kappa shape index (κ3) is 4.78. The van der Waals surface area contributed by atoms with Crippen LogP contribution in [0, 0.1) is 13.8 Å². The second-order valence-corrected chi connectivity index (χ2v) is 6.75. The topological polar surface area (TPSA) is 33.6 Å². The van der Waals surface area contributed by atoms with Gasteiger partial charge in [0.15, 0.2) is 0 Å². The summed E-state index contributed by atoms with van der Waals surface area (Å²) in [5, 5.41) is 5.20. The summed E-state index contributed by atoms with van der Waals surface area (Å²) in [7, 11) is 0. The Hall–Kier alpha value is -2.49. The molecule has 5 heteroatoms. The van der Waals surface area contributed by atoms with Crippen LogP contribution in [-0.4, -0.2) is 6.21 Å². The first-order chi connectivity index (χ1) is 12.5. The summed E-state index contributed by atoms with van der Waals surface area (Å²) < 4.78 is 5.96. The van der Waals surface area contributed by atoms with Gasteiger partial charge in [0, 0.05) is 0 Å². The number of halogens is 2. The van der Waals surface area contributed by atoms with Crippen LogP contribution in [0.25, 0.3) is 0 Å². The van der Waals surface area contributed by atoms with Crippen LogP contribution in [0.4, 0.5) is 5.69 Å². The average Bonchev–Trinajstić information content (AvgIpc) is 2.63. The first kappa shape index (κ1) is 18.3. The van der Waals surface area contributed by atoms with Crippen molar-refractivity contribution >= 4 is 35.1 Å². The Balaban J connectivity index is 1.63. The Morgan fingerprint density at radius 3 is 2.38 bits per heavy atom. The molecule has 0 aromatic heterocycles. The van der Waals surface area contributed by atoms with Gasteiger partial charge in [-0.25, -0.2) is 0 Å². The molecule has 0 unspecified atom stereocenters. The van der Waals surface area contributed by atoms with Gasteiger partial charge in [-0.15, -0.1) is 0 Å². The van der Waals surface area contributed by atoms with E-state index in [1.165, 1.54) is 5.56 Å². The second kappa shape index (κ2) is 8.26. The van der Waals surface area contributed by atoms with E-state index in [1.807, 2.05) is 50.2 Å². The van der Waals surface area contributed by atoms with Crippen LogP contribution in [0.15, 0.2) is 65.8 Å². The van der Waals surface area contributed by atoms with Crippen molar-refractivity contribution in [1.82, 2.24) is 0 Å². The van der Waals surface area contributed by atoms with E-state index in [9.17, 15) is 0 Å². The molecule has 3 rings (SSSR count). The van der Waals surface area contributed by atoms with Gasteiger partial charge in [0.1, 0.15) is 11.5 Å². The summed E-state index contributed by atoms with van der Waals surface area (Å²) in [5.41, 5.74) is 6.92. The summed E-state index contributed by atoms with van der Waals surface area (Å²) in [6, 6.07) is 19.1. The number of aryl methyl sites for hydroxylation is 2. The summed E-state index contributed by atoms with van der Waals surface area (Å²) in [5.74, 6) is 1.65. The summed E-state index contributed by atoms with van der Waals surface area (Å²) in [4.78, 5) is 0. The minimum atomic E-state index is 0.486. The number of nitrogens with zero attached hydrogens (tertiary/aromatic N) is 1. The molecule has 0 saturated heterocycles. The lowest BCUT2D eigenvalue weighted by Gasteiger charge is -2.09. The standard InChI is InChI=1S/C21H18Cl2N2O/c1-14-3-4-15(2)21(11-14)26-18-8-5-16(6-9-18)13-24-25-17-7-10-19(22)20(23)12-17/h3-13,25H,1-2H3. The van der Waals surface area contributed by atoms with E-state index in [1.54, 1.807) is 18.3 Å². The monoisotopic (exact) mass is 384 g/mol. The van der Waals surface area contributed by atoms with Crippen LogP contribution in [-0.2, 0) is 0 Å². The average molecular weight is 385 g/mol. The number of anilines is 1. The smallest absolute Gasteiger partial charge is 0.130 e. The maximum atomic E-state index is 5.98. The minimum Gasteiger partial charge on any atom is -0.457 e. The van der Waals surface area contributed by atoms with Crippen molar-refractivity contribution in [2.45, 2.75) is 13.8 Å². The molecule has 0 heterocycles. The van der Waals surface area contributed by atoms with Crippen LogP contribution >= 0.6 is 23.2 Å². The zero-order valence-corrected chi connectivity index (χ0v) is 16.0. The van der Waals surface area contributed by atoms with E-state index in [-0.39, 0.29) is 0 Å². The van der Waals surface area contributed by atoms with Crippen LogP contribution in [0.2, 0.25) is 10.0 Å². The van der Waals surface area contributed by atoms with Crippen LogP contribution in [0.5, 0.6) is 11.5 Å². The molecule has 0 aliphatic heterocycles. The number of rotatable bonds is 5. The molecule has 26 heavy (non-hydrogen) atoms. The van der Waals surface area contributed by atoms with E-state index in [2.05, 4.69) is 22.7 Å². The molecule has 3 aromatic carbocycles. The largest absolute Gasteiger partial charge is 0.457 e. The molecule has 3 aromatic rings. The SMILES string of the molecule is Cc1ccc(C)c(Oc2ccc(C=NNc3ccc(Cl)c(Cl)c3)cc2)c1. The van der Waals surface area contributed by atoms with Gasteiger partial charge >= 0.3 is 0 Å². The quantitative estimate of drug-likeness (QED) is 0.385. The molecule has 0 aliphatic carbocycles. The highest BCUT2D eigenvalue weighted by Crippen LogP contribution is 2.26. The van der Waals surface area contributed by atoms with E-state index in [0.717, 1.165) is 28.3 Å². The third-order valence-electron chi connectivity index (χ3n) is 3.78. The molecular formula is C21H18Cl2N2O. The zero-order valence-electron chi connectivity index (χ0n) is 14.5. The van der Waals surface area contributed by atoms with Crippen molar-refractivity contribution in [3.8, 4) is 11.5 Å². The Morgan fingerprint density at radius 1 is 0.885 bits per heavy atom. The first-order valence-electron chi connectivity index (χ1n) is 8.10. The predicted molar refractivity (Wildman–Crippen MR) is 110 cm³/mol. The van der Waals surface area contributed by atoms with E-state index < -0.39 is 0 Å². The fraction of sp³-hybridized carbons (Fsp3) is 0.0952.